The van der Waals surface area contributed by atoms with Crippen LogP contribution in [0, 0.1) is 6.92 Å². The Morgan fingerprint density at radius 2 is 1.90 bits per heavy atom. The molecule has 4 aromatic rings. The Balaban J connectivity index is 1.51. The Bertz CT molecular complexity index is 1630. The summed E-state index contributed by atoms with van der Waals surface area (Å²) in [6.45, 7) is 11.6. The number of hydrogen-bond acceptors (Lipinski definition) is 9. The highest BCUT2D eigenvalue weighted by Crippen LogP contribution is 2.36. The van der Waals surface area contributed by atoms with Gasteiger partial charge in [0.1, 0.15) is 26.9 Å². The highest BCUT2D eigenvalue weighted by Gasteiger charge is 2.33. The van der Waals surface area contributed by atoms with E-state index in [0.29, 0.717) is 33.2 Å². The Morgan fingerprint density at radius 1 is 1.12 bits per heavy atom. The monoisotopic (exact) mass is 609 g/mol. The van der Waals surface area contributed by atoms with Crippen LogP contribution in [-0.4, -0.2) is 92.2 Å². The number of halogens is 1. The van der Waals surface area contributed by atoms with Gasteiger partial charge in [-0.3, -0.25) is 4.90 Å². The van der Waals surface area contributed by atoms with Crippen molar-refractivity contribution >= 4 is 55.7 Å². The van der Waals surface area contributed by atoms with E-state index in [1.54, 1.807) is 0 Å². The summed E-state index contributed by atoms with van der Waals surface area (Å²) < 4.78 is 9.81. The third-order valence-electron chi connectivity index (χ3n) is 7.73. The summed E-state index contributed by atoms with van der Waals surface area (Å²) in [4.78, 5) is 34.9. The van der Waals surface area contributed by atoms with E-state index in [0.717, 1.165) is 47.8 Å². The molecule has 212 valence electrons. The van der Waals surface area contributed by atoms with Crippen LogP contribution in [0.15, 0.2) is 16.7 Å². The van der Waals surface area contributed by atoms with E-state index in [2.05, 4.69) is 42.3 Å². The van der Waals surface area contributed by atoms with Gasteiger partial charge in [-0.25, -0.2) is 19.7 Å². The standard InChI is InChI=1S/C28H36BrN9O2/c1-16-24-18(13-21(29)30-16)22(33-38(24)27(39)40-28(2,3)4)19-14-20-23(25(31-19)34(5)6)32-26(35(20)7)37-12-11-36-10-8-9-17(36)15-37/h13-14,17H,8-12,15H2,1-7H3/t17-/m1/s1. The molecule has 2 aliphatic heterocycles. The first-order valence-corrected chi connectivity index (χ1v) is 14.5. The van der Waals surface area contributed by atoms with Gasteiger partial charge in [0.15, 0.2) is 5.82 Å². The zero-order valence-electron chi connectivity index (χ0n) is 24.2. The third kappa shape index (κ3) is 4.60. The minimum absolute atomic E-state index is 0.557. The summed E-state index contributed by atoms with van der Waals surface area (Å²) in [6.07, 6.45) is 1.96. The van der Waals surface area contributed by atoms with E-state index >= 15 is 0 Å². The van der Waals surface area contributed by atoms with Crippen LogP contribution >= 0.6 is 15.9 Å². The number of aryl methyl sites for hydroxylation is 2. The predicted octanol–water partition coefficient (Wildman–Crippen LogP) is 4.58. The lowest BCUT2D eigenvalue weighted by molar-refractivity contribution is 0.0522. The second-order valence-corrected chi connectivity index (χ2v) is 12.8. The van der Waals surface area contributed by atoms with Crippen molar-refractivity contribution in [3.63, 3.8) is 0 Å². The van der Waals surface area contributed by atoms with Gasteiger partial charge in [-0.1, -0.05) is 0 Å². The fourth-order valence-corrected chi connectivity index (χ4v) is 6.45. The molecule has 6 rings (SSSR count). The highest BCUT2D eigenvalue weighted by molar-refractivity contribution is 9.10. The van der Waals surface area contributed by atoms with Crippen molar-refractivity contribution in [2.45, 2.75) is 52.2 Å². The van der Waals surface area contributed by atoms with Gasteiger partial charge in [0.25, 0.3) is 0 Å². The first-order valence-electron chi connectivity index (χ1n) is 13.7. The summed E-state index contributed by atoms with van der Waals surface area (Å²) in [5.74, 6) is 1.70. The molecule has 0 aromatic carbocycles. The number of fused-ring (bicyclic) bond motifs is 3. The Labute approximate surface area is 242 Å². The van der Waals surface area contributed by atoms with E-state index in [1.165, 1.54) is 24.1 Å². The van der Waals surface area contributed by atoms with E-state index in [9.17, 15) is 4.79 Å². The molecule has 0 saturated carbocycles. The lowest BCUT2D eigenvalue weighted by Crippen LogP contribution is -2.50. The molecule has 1 atom stereocenters. The van der Waals surface area contributed by atoms with E-state index < -0.39 is 11.7 Å². The molecule has 2 saturated heterocycles. The topological polar surface area (TPSA) is 97.4 Å². The van der Waals surface area contributed by atoms with Crippen molar-refractivity contribution < 1.29 is 9.53 Å². The fraction of sp³-hybridized carbons (Fsp3) is 0.536. The molecule has 6 heterocycles. The van der Waals surface area contributed by atoms with Gasteiger partial charge in [0.05, 0.1) is 16.9 Å². The minimum atomic E-state index is -0.670. The minimum Gasteiger partial charge on any atom is -0.442 e. The van der Waals surface area contributed by atoms with Gasteiger partial charge in [0.2, 0.25) is 5.95 Å². The molecule has 0 N–H and O–H groups in total. The third-order valence-corrected chi connectivity index (χ3v) is 8.14. The first-order chi connectivity index (χ1) is 18.9. The smallest absolute Gasteiger partial charge is 0.435 e. The average molecular weight is 611 g/mol. The molecular formula is C28H36BrN9O2. The van der Waals surface area contributed by atoms with Gasteiger partial charge in [-0.15, -0.1) is 0 Å². The van der Waals surface area contributed by atoms with Crippen LogP contribution in [-0.2, 0) is 11.8 Å². The van der Waals surface area contributed by atoms with E-state index in [1.807, 2.05) is 58.8 Å². The number of carbonyl (C=O) groups is 1. The van der Waals surface area contributed by atoms with Gasteiger partial charge < -0.3 is 19.1 Å². The van der Waals surface area contributed by atoms with Crippen LogP contribution in [0.3, 0.4) is 0 Å². The van der Waals surface area contributed by atoms with Crippen LogP contribution in [0.25, 0.3) is 33.3 Å². The lowest BCUT2D eigenvalue weighted by atomic mass is 10.1. The van der Waals surface area contributed by atoms with Crippen LogP contribution in [0.2, 0.25) is 0 Å². The Hall–Kier alpha value is -3.25. The normalized spacial score (nSPS) is 18.1. The molecule has 0 radical (unpaired) electrons. The number of ether oxygens (including phenoxy) is 1. The number of hydrogen-bond donors (Lipinski definition) is 0. The maximum Gasteiger partial charge on any atom is 0.435 e. The molecule has 0 aliphatic carbocycles. The molecule has 0 amide bonds. The number of pyridine rings is 2. The van der Waals surface area contributed by atoms with Crippen LogP contribution in [0.1, 0.15) is 39.3 Å². The SMILES string of the molecule is Cc1nc(Br)cc2c(-c3cc4c(nc(N5CCN6CCC[C@@H]6C5)n4C)c(N(C)C)n3)nn(C(=O)OC(C)(C)C)c12. The second-order valence-electron chi connectivity index (χ2n) is 12.0. The molecular weight excluding hydrogens is 574 g/mol. The Kier molecular flexibility index (Phi) is 6.53. The zero-order chi connectivity index (χ0) is 28.5. The molecule has 0 unspecified atom stereocenters. The number of carbonyl (C=O) groups excluding carboxylic acids is 1. The number of nitrogens with zero attached hydrogens (tertiary/aromatic N) is 9. The molecule has 2 aliphatic rings. The van der Waals surface area contributed by atoms with Crippen molar-refractivity contribution in [2.75, 3.05) is 50.1 Å². The predicted molar refractivity (Wildman–Crippen MR) is 160 cm³/mol. The number of piperazine rings is 1. The van der Waals surface area contributed by atoms with Crippen molar-refractivity contribution in [3.05, 3.63) is 22.4 Å². The highest BCUT2D eigenvalue weighted by atomic mass is 79.9. The maximum absolute atomic E-state index is 13.2. The van der Waals surface area contributed by atoms with Crippen LogP contribution in [0.4, 0.5) is 16.6 Å². The number of rotatable bonds is 3. The van der Waals surface area contributed by atoms with Gasteiger partial charge in [-0.2, -0.15) is 9.78 Å². The quantitative estimate of drug-likeness (QED) is 0.309. The number of aromatic nitrogens is 6. The molecule has 0 spiro atoms. The maximum atomic E-state index is 13.2. The van der Waals surface area contributed by atoms with Crippen molar-refractivity contribution in [1.29, 1.82) is 0 Å². The van der Waals surface area contributed by atoms with Crippen LogP contribution in [0.5, 0.6) is 0 Å². The summed E-state index contributed by atoms with van der Waals surface area (Å²) >= 11 is 3.52. The zero-order valence-corrected chi connectivity index (χ0v) is 25.8. The van der Waals surface area contributed by atoms with Gasteiger partial charge in [0, 0.05) is 52.2 Å². The first kappa shape index (κ1) is 26.9. The summed E-state index contributed by atoms with van der Waals surface area (Å²) in [6, 6.07) is 4.49. The fourth-order valence-electron chi connectivity index (χ4n) is 5.95. The second kappa shape index (κ2) is 9.69. The van der Waals surface area contributed by atoms with Crippen molar-refractivity contribution in [1.82, 2.24) is 34.2 Å². The number of anilines is 2. The number of imidazole rings is 1. The van der Waals surface area contributed by atoms with Crippen molar-refractivity contribution in [3.8, 4) is 11.4 Å². The Morgan fingerprint density at radius 3 is 2.62 bits per heavy atom. The van der Waals surface area contributed by atoms with E-state index in [4.69, 9.17) is 19.8 Å². The summed E-state index contributed by atoms with van der Waals surface area (Å²) in [7, 11) is 6.01. The van der Waals surface area contributed by atoms with Crippen molar-refractivity contribution in [2.24, 2.45) is 7.05 Å². The summed E-state index contributed by atoms with van der Waals surface area (Å²) in [5, 5.41) is 5.54. The van der Waals surface area contributed by atoms with Gasteiger partial charge >= 0.3 is 6.09 Å². The molecule has 12 heteroatoms. The van der Waals surface area contributed by atoms with E-state index in [-0.39, 0.29) is 0 Å². The summed E-state index contributed by atoms with van der Waals surface area (Å²) in [5.41, 5.74) is 3.63. The lowest BCUT2D eigenvalue weighted by Gasteiger charge is -2.37. The molecule has 4 aromatic heterocycles. The largest absolute Gasteiger partial charge is 0.442 e. The average Bonchev–Trinajstić information content (AvgIpc) is 3.57. The molecule has 2 fully saturated rings. The molecule has 0 bridgehead atoms. The molecule has 11 nitrogen and oxygen atoms in total. The van der Waals surface area contributed by atoms with Gasteiger partial charge in [-0.05, 0) is 75.1 Å². The van der Waals surface area contributed by atoms with Crippen LogP contribution < -0.4 is 9.80 Å². The molecule has 40 heavy (non-hydrogen) atoms.